The lowest BCUT2D eigenvalue weighted by Gasteiger charge is -2.19. The summed E-state index contributed by atoms with van der Waals surface area (Å²) in [6, 6.07) is 6.19. The van der Waals surface area contributed by atoms with Crippen molar-refractivity contribution in [1.29, 1.82) is 0 Å². The summed E-state index contributed by atoms with van der Waals surface area (Å²) in [6.45, 7) is 3.71. The summed E-state index contributed by atoms with van der Waals surface area (Å²) in [4.78, 5) is 18.6. The summed E-state index contributed by atoms with van der Waals surface area (Å²) in [5.74, 6) is 1.50. The van der Waals surface area contributed by atoms with E-state index in [1.165, 1.54) is 12.1 Å². The van der Waals surface area contributed by atoms with Crippen LogP contribution in [0.2, 0.25) is 0 Å². The van der Waals surface area contributed by atoms with Crippen molar-refractivity contribution in [3.05, 3.63) is 47.4 Å². The molecule has 2 aliphatic heterocycles. The number of nitrogens with zero attached hydrogens (tertiary/aromatic N) is 3. The Bertz CT molecular complexity index is 778. The van der Waals surface area contributed by atoms with Crippen LogP contribution in [0.1, 0.15) is 17.3 Å². The number of carbonyl (C=O) groups excluding carboxylic acids is 1. The monoisotopic (exact) mass is 345 g/mol. The maximum absolute atomic E-state index is 13.3. The molecule has 7 heteroatoms. The Hall–Kier alpha value is -2.28. The normalized spacial score (nSPS) is 25.4. The fourth-order valence-corrected chi connectivity index (χ4v) is 3.79. The molecule has 0 saturated carbocycles. The first-order chi connectivity index (χ1) is 12.1. The number of benzene rings is 1. The quantitative estimate of drug-likeness (QED) is 0.845. The Morgan fingerprint density at radius 2 is 2.28 bits per heavy atom. The highest BCUT2D eigenvalue weighted by Gasteiger charge is 2.45. The summed E-state index contributed by atoms with van der Waals surface area (Å²) >= 11 is 0. The minimum absolute atomic E-state index is 0.0102. The van der Waals surface area contributed by atoms with Gasteiger partial charge >= 0.3 is 0 Å². The summed E-state index contributed by atoms with van der Waals surface area (Å²) in [5, 5.41) is 3.82. The van der Waals surface area contributed by atoms with Gasteiger partial charge in [0, 0.05) is 25.4 Å². The van der Waals surface area contributed by atoms with E-state index < -0.39 is 0 Å². The molecule has 132 valence electrons. The predicted octanol–water partition coefficient (Wildman–Crippen LogP) is 1.78. The van der Waals surface area contributed by atoms with Crippen LogP contribution in [0.25, 0.3) is 0 Å². The van der Waals surface area contributed by atoms with Crippen molar-refractivity contribution < 1.29 is 18.4 Å². The van der Waals surface area contributed by atoms with Crippen LogP contribution >= 0.6 is 0 Å². The van der Waals surface area contributed by atoms with Crippen molar-refractivity contribution in [3.8, 4) is 0 Å². The minimum Gasteiger partial charge on any atom is -0.376 e. The number of hydrogen-bond donors (Lipinski definition) is 0. The Morgan fingerprint density at radius 1 is 1.40 bits per heavy atom. The number of rotatable bonds is 4. The fourth-order valence-electron chi connectivity index (χ4n) is 3.79. The molecule has 0 bridgehead atoms. The number of amides is 1. The van der Waals surface area contributed by atoms with Gasteiger partial charge in [0.15, 0.2) is 5.82 Å². The van der Waals surface area contributed by atoms with E-state index in [0.29, 0.717) is 43.4 Å². The Kier molecular flexibility index (Phi) is 4.25. The van der Waals surface area contributed by atoms with Gasteiger partial charge < -0.3 is 14.2 Å². The lowest BCUT2D eigenvalue weighted by atomic mass is 9.90. The largest absolute Gasteiger partial charge is 0.376 e. The maximum Gasteiger partial charge on any atom is 0.227 e. The van der Waals surface area contributed by atoms with Gasteiger partial charge in [-0.1, -0.05) is 17.3 Å². The zero-order chi connectivity index (χ0) is 17.4. The van der Waals surface area contributed by atoms with Crippen LogP contribution in [0.5, 0.6) is 0 Å². The molecule has 0 spiro atoms. The standard InChI is InChI=1S/C18H20FN3O3/c1-11-20-17(25-21-11)7-13-10-24-16-9-22(8-15(13)16)18(23)6-12-3-2-4-14(19)5-12/h2-5,13,15-16H,6-10H2,1H3/t13-,15+,16+/m1/s1. The highest BCUT2D eigenvalue weighted by molar-refractivity contribution is 5.79. The SMILES string of the molecule is Cc1noc(C[C@@H]2CO[C@H]3CN(C(=O)Cc4cccc(F)c4)C[C@@H]23)n1. The van der Waals surface area contributed by atoms with E-state index in [0.717, 1.165) is 0 Å². The molecule has 0 unspecified atom stereocenters. The molecule has 3 heterocycles. The summed E-state index contributed by atoms with van der Waals surface area (Å²) < 4.78 is 24.4. The van der Waals surface area contributed by atoms with E-state index >= 15 is 0 Å². The molecular weight excluding hydrogens is 325 g/mol. The van der Waals surface area contributed by atoms with E-state index in [2.05, 4.69) is 10.1 Å². The van der Waals surface area contributed by atoms with Crippen LogP contribution in [0.4, 0.5) is 4.39 Å². The van der Waals surface area contributed by atoms with Gasteiger partial charge in [-0.05, 0) is 30.5 Å². The molecule has 2 aliphatic rings. The van der Waals surface area contributed by atoms with Gasteiger partial charge in [-0.3, -0.25) is 4.79 Å². The van der Waals surface area contributed by atoms with Gasteiger partial charge in [0.25, 0.3) is 0 Å². The van der Waals surface area contributed by atoms with E-state index in [1.54, 1.807) is 19.1 Å². The zero-order valence-corrected chi connectivity index (χ0v) is 14.0. The third-order valence-corrected chi connectivity index (χ3v) is 5.04. The second-order valence-electron chi connectivity index (χ2n) is 6.84. The van der Waals surface area contributed by atoms with Crippen molar-refractivity contribution in [2.75, 3.05) is 19.7 Å². The molecule has 0 radical (unpaired) electrons. The molecular formula is C18H20FN3O3. The molecule has 2 saturated heterocycles. The molecule has 1 amide bonds. The Balaban J connectivity index is 1.38. The molecule has 3 atom stereocenters. The number of aryl methyl sites for hydroxylation is 1. The number of halogens is 1. The lowest BCUT2D eigenvalue weighted by molar-refractivity contribution is -0.130. The van der Waals surface area contributed by atoms with Crippen LogP contribution < -0.4 is 0 Å². The predicted molar refractivity (Wildman–Crippen MR) is 86.1 cm³/mol. The first-order valence-electron chi connectivity index (χ1n) is 8.51. The number of likely N-dealkylation sites (tertiary alicyclic amines) is 1. The van der Waals surface area contributed by atoms with Crippen LogP contribution in [-0.2, 0) is 22.4 Å². The third-order valence-electron chi connectivity index (χ3n) is 5.04. The average molecular weight is 345 g/mol. The van der Waals surface area contributed by atoms with E-state index in [4.69, 9.17) is 9.26 Å². The van der Waals surface area contributed by atoms with Gasteiger partial charge in [0.1, 0.15) is 5.82 Å². The molecule has 6 nitrogen and oxygen atoms in total. The zero-order valence-electron chi connectivity index (χ0n) is 14.0. The number of fused-ring (bicyclic) bond motifs is 1. The molecule has 0 N–H and O–H groups in total. The molecule has 2 fully saturated rings. The molecule has 1 aromatic carbocycles. The molecule has 1 aromatic heterocycles. The molecule has 4 rings (SSSR count). The van der Waals surface area contributed by atoms with Crippen LogP contribution in [0, 0.1) is 24.6 Å². The van der Waals surface area contributed by atoms with Gasteiger partial charge in [0.05, 0.1) is 19.1 Å². The Labute approximate surface area is 145 Å². The summed E-state index contributed by atoms with van der Waals surface area (Å²) in [7, 11) is 0. The van der Waals surface area contributed by atoms with E-state index in [9.17, 15) is 9.18 Å². The van der Waals surface area contributed by atoms with Crippen molar-refractivity contribution in [2.45, 2.75) is 25.9 Å². The highest BCUT2D eigenvalue weighted by Crippen LogP contribution is 2.35. The first kappa shape index (κ1) is 16.2. The number of hydrogen-bond acceptors (Lipinski definition) is 5. The lowest BCUT2D eigenvalue weighted by Crippen LogP contribution is -2.32. The first-order valence-corrected chi connectivity index (χ1v) is 8.51. The maximum atomic E-state index is 13.3. The summed E-state index contributed by atoms with van der Waals surface area (Å²) in [5.41, 5.74) is 0.695. The van der Waals surface area contributed by atoms with Gasteiger partial charge in [-0.2, -0.15) is 4.98 Å². The Morgan fingerprint density at radius 3 is 3.04 bits per heavy atom. The van der Waals surface area contributed by atoms with Gasteiger partial charge in [-0.15, -0.1) is 0 Å². The van der Waals surface area contributed by atoms with Crippen molar-refractivity contribution in [3.63, 3.8) is 0 Å². The molecule has 0 aliphatic carbocycles. The van der Waals surface area contributed by atoms with Crippen LogP contribution in [0.15, 0.2) is 28.8 Å². The van der Waals surface area contributed by atoms with Crippen molar-refractivity contribution >= 4 is 5.91 Å². The highest BCUT2D eigenvalue weighted by atomic mass is 19.1. The number of carbonyl (C=O) groups is 1. The smallest absolute Gasteiger partial charge is 0.227 e. The van der Waals surface area contributed by atoms with E-state index in [1.807, 2.05) is 4.90 Å². The molecule has 2 aromatic rings. The van der Waals surface area contributed by atoms with Crippen LogP contribution in [-0.4, -0.2) is 46.7 Å². The van der Waals surface area contributed by atoms with Crippen molar-refractivity contribution in [2.24, 2.45) is 11.8 Å². The van der Waals surface area contributed by atoms with Crippen molar-refractivity contribution in [1.82, 2.24) is 15.0 Å². The number of aromatic nitrogens is 2. The third kappa shape index (κ3) is 3.42. The summed E-state index contributed by atoms with van der Waals surface area (Å²) in [6.07, 6.45) is 0.948. The number of ether oxygens (including phenoxy) is 1. The fraction of sp³-hybridized carbons (Fsp3) is 0.500. The minimum atomic E-state index is -0.318. The molecule has 25 heavy (non-hydrogen) atoms. The average Bonchev–Trinajstić information content (AvgIpc) is 3.25. The van der Waals surface area contributed by atoms with E-state index in [-0.39, 0.29) is 36.1 Å². The van der Waals surface area contributed by atoms with Gasteiger partial charge in [0.2, 0.25) is 11.8 Å². The van der Waals surface area contributed by atoms with Crippen LogP contribution in [0.3, 0.4) is 0 Å². The van der Waals surface area contributed by atoms with Gasteiger partial charge in [-0.25, -0.2) is 4.39 Å². The topological polar surface area (TPSA) is 68.5 Å². The second kappa shape index (κ2) is 6.55. The second-order valence-corrected chi connectivity index (χ2v) is 6.84.